The molecule has 0 bridgehead atoms. The highest BCUT2D eigenvalue weighted by atomic mass is 16.5. The molecular formula is C18H32N2O3. The van der Waals surface area contributed by atoms with Crippen molar-refractivity contribution in [3.8, 4) is 0 Å². The average Bonchev–Trinajstić information content (AvgIpc) is 3.28. The quantitative estimate of drug-likeness (QED) is 0.716. The van der Waals surface area contributed by atoms with E-state index in [1.807, 2.05) is 0 Å². The Hall–Kier alpha value is -0.650. The predicted octanol–water partition coefficient (Wildman–Crippen LogP) is 2.11. The number of carboxylic acids is 1. The summed E-state index contributed by atoms with van der Waals surface area (Å²) in [5.41, 5.74) is -0.261. The number of methoxy groups -OCH3 is 1. The molecule has 132 valence electrons. The molecule has 23 heavy (non-hydrogen) atoms. The summed E-state index contributed by atoms with van der Waals surface area (Å²) < 4.78 is 5.56. The van der Waals surface area contributed by atoms with E-state index in [2.05, 4.69) is 17.1 Å². The van der Waals surface area contributed by atoms with E-state index in [1.165, 1.54) is 12.8 Å². The molecule has 0 radical (unpaired) electrons. The molecular weight excluding hydrogens is 292 g/mol. The fourth-order valence-corrected chi connectivity index (χ4v) is 4.40. The minimum atomic E-state index is -0.596. The molecule has 0 spiro atoms. The van der Waals surface area contributed by atoms with Gasteiger partial charge in [0.05, 0.1) is 12.0 Å². The minimum absolute atomic E-state index is 0.198. The van der Waals surface area contributed by atoms with Crippen LogP contribution >= 0.6 is 0 Å². The number of piperidine rings is 1. The van der Waals surface area contributed by atoms with Crippen molar-refractivity contribution in [3.05, 3.63) is 0 Å². The van der Waals surface area contributed by atoms with Gasteiger partial charge in [-0.15, -0.1) is 0 Å². The summed E-state index contributed by atoms with van der Waals surface area (Å²) in [6.07, 6.45) is 7.57. The molecule has 2 saturated carbocycles. The topological polar surface area (TPSA) is 61.8 Å². The highest BCUT2D eigenvalue weighted by Gasteiger charge is 2.47. The molecule has 1 atom stereocenters. The molecule has 1 saturated heterocycles. The predicted molar refractivity (Wildman–Crippen MR) is 89.5 cm³/mol. The number of hydrogen-bond acceptors (Lipinski definition) is 4. The van der Waals surface area contributed by atoms with Gasteiger partial charge in [0.1, 0.15) is 0 Å². The van der Waals surface area contributed by atoms with Gasteiger partial charge in [-0.2, -0.15) is 0 Å². The van der Waals surface area contributed by atoms with Gasteiger partial charge in [0.25, 0.3) is 0 Å². The first-order chi connectivity index (χ1) is 11.0. The van der Waals surface area contributed by atoms with E-state index >= 15 is 0 Å². The molecule has 3 rings (SSSR count). The molecule has 0 aromatic heterocycles. The third kappa shape index (κ3) is 3.57. The van der Waals surface area contributed by atoms with E-state index in [0.29, 0.717) is 12.1 Å². The highest BCUT2D eigenvalue weighted by Crippen LogP contribution is 2.44. The summed E-state index contributed by atoms with van der Waals surface area (Å²) in [7, 11) is 1.80. The van der Waals surface area contributed by atoms with Crippen molar-refractivity contribution >= 4 is 5.97 Å². The zero-order valence-electron chi connectivity index (χ0n) is 14.6. The standard InChI is InChI=1S/C18H32N2O3/c1-14(19-15-4-5-15)18(13-23-2)8-10-20(11-9-18)12-17(16(21)22)6-3-7-17/h14-15,19H,3-13H2,1-2H3,(H,21,22). The lowest BCUT2D eigenvalue weighted by molar-refractivity contribution is -0.157. The van der Waals surface area contributed by atoms with Gasteiger partial charge in [-0.25, -0.2) is 0 Å². The van der Waals surface area contributed by atoms with E-state index in [4.69, 9.17) is 4.74 Å². The lowest BCUT2D eigenvalue weighted by Crippen LogP contribution is -2.56. The van der Waals surface area contributed by atoms with Gasteiger partial charge in [0, 0.05) is 31.2 Å². The van der Waals surface area contributed by atoms with Crippen molar-refractivity contribution in [2.75, 3.05) is 33.4 Å². The van der Waals surface area contributed by atoms with Crippen LogP contribution in [0.4, 0.5) is 0 Å². The molecule has 3 aliphatic rings. The van der Waals surface area contributed by atoms with Gasteiger partial charge >= 0.3 is 5.97 Å². The molecule has 0 aromatic rings. The second kappa shape index (κ2) is 6.69. The first kappa shape index (κ1) is 17.2. The van der Waals surface area contributed by atoms with Crippen LogP contribution in [0, 0.1) is 10.8 Å². The number of hydrogen-bond donors (Lipinski definition) is 2. The Labute approximate surface area is 139 Å². The Balaban J connectivity index is 1.57. The molecule has 3 fully saturated rings. The van der Waals surface area contributed by atoms with Crippen molar-refractivity contribution in [1.82, 2.24) is 10.2 Å². The molecule has 0 aromatic carbocycles. The summed E-state index contributed by atoms with van der Waals surface area (Å²) in [6.45, 7) is 5.82. The van der Waals surface area contributed by atoms with Crippen LogP contribution in [-0.2, 0) is 9.53 Å². The van der Waals surface area contributed by atoms with E-state index in [1.54, 1.807) is 7.11 Å². The SMILES string of the molecule is COCC1(C(C)NC2CC2)CCN(CC2(C(=O)O)CCC2)CC1. The van der Waals surface area contributed by atoms with Gasteiger partial charge < -0.3 is 20.1 Å². The zero-order valence-corrected chi connectivity index (χ0v) is 14.6. The number of likely N-dealkylation sites (tertiary alicyclic amines) is 1. The van der Waals surface area contributed by atoms with E-state index in [0.717, 1.165) is 58.3 Å². The highest BCUT2D eigenvalue weighted by molar-refractivity contribution is 5.76. The monoisotopic (exact) mass is 324 g/mol. The number of nitrogens with zero attached hydrogens (tertiary/aromatic N) is 1. The number of rotatable bonds is 8. The van der Waals surface area contributed by atoms with Crippen LogP contribution < -0.4 is 5.32 Å². The lowest BCUT2D eigenvalue weighted by atomic mass is 9.67. The minimum Gasteiger partial charge on any atom is -0.481 e. The summed E-state index contributed by atoms with van der Waals surface area (Å²) >= 11 is 0. The molecule has 2 aliphatic carbocycles. The summed E-state index contributed by atoms with van der Waals surface area (Å²) in [5.74, 6) is -0.596. The van der Waals surface area contributed by atoms with Gasteiger partial charge in [-0.3, -0.25) is 4.79 Å². The van der Waals surface area contributed by atoms with Crippen LogP contribution in [-0.4, -0.2) is 61.4 Å². The van der Waals surface area contributed by atoms with Crippen LogP contribution in [0.15, 0.2) is 0 Å². The van der Waals surface area contributed by atoms with Crippen molar-refractivity contribution < 1.29 is 14.6 Å². The number of ether oxygens (including phenoxy) is 1. The molecule has 5 nitrogen and oxygen atoms in total. The maximum Gasteiger partial charge on any atom is 0.310 e. The smallest absolute Gasteiger partial charge is 0.310 e. The van der Waals surface area contributed by atoms with Gasteiger partial charge in [0.15, 0.2) is 0 Å². The zero-order chi connectivity index (χ0) is 16.5. The second-order valence-electron chi connectivity index (χ2n) is 8.17. The van der Waals surface area contributed by atoms with Crippen molar-refractivity contribution in [2.45, 2.75) is 64.0 Å². The van der Waals surface area contributed by atoms with Gasteiger partial charge in [0.2, 0.25) is 0 Å². The van der Waals surface area contributed by atoms with Gasteiger partial charge in [-0.05, 0) is 58.5 Å². The molecule has 1 aliphatic heterocycles. The molecule has 2 N–H and O–H groups in total. The molecule has 0 amide bonds. The first-order valence-corrected chi connectivity index (χ1v) is 9.20. The van der Waals surface area contributed by atoms with Crippen molar-refractivity contribution in [3.63, 3.8) is 0 Å². The molecule has 1 unspecified atom stereocenters. The van der Waals surface area contributed by atoms with Crippen LogP contribution in [0.3, 0.4) is 0 Å². The normalized spacial score (nSPS) is 28.1. The van der Waals surface area contributed by atoms with Crippen LogP contribution in [0.5, 0.6) is 0 Å². The largest absolute Gasteiger partial charge is 0.481 e. The Kier molecular flexibility index (Phi) is 5.00. The Morgan fingerprint density at radius 2 is 1.96 bits per heavy atom. The molecule has 5 heteroatoms. The number of nitrogens with one attached hydrogen (secondary N) is 1. The van der Waals surface area contributed by atoms with Crippen LogP contribution in [0.2, 0.25) is 0 Å². The van der Waals surface area contributed by atoms with E-state index < -0.39 is 11.4 Å². The van der Waals surface area contributed by atoms with Crippen LogP contribution in [0.25, 0.3) is 0 Å². The number of carboxylic acid groups (broad SMARTS) is 1. The Bertz CT molecular complexity index is 424. The number of carbonyl (C=O) groups is 1. The third-order valence-corrected chi connectivity index (χ3v) is 6.56. The fraction of sp³-hybridized carbons (Fsp3) is 0.944. The molecule has 1 heterocycles. The van der Waals surface area contributed by atoms with Crippen molar-refractivity contribution in [2.24, 2.45) is 10.8 Å². The van der Waals surface area contributed by atoms with Crippen LogP contribution in [0.1, 0.15) is 51.9 Å². The second-order valence-corrected chi connectivity index (χ2v) is 8.17. The summed E-state index contributed by atoms with van der Waals surface area (Å²) in [6, 6.07) is 1.18. The van der Waals surface area contributed by atoms with Gasteiger partial charge in [-0.1, -0.05) is 6.42 Å². The van der Waals surface area contributed by atoms with E-state index in [-0.39, 0.29) is 5.41 Å². The maximum atomic E-state index is 11.6. The fourth-order valence-electron chi connectivity index (χ4n) is 4.40. The summed E-state index contributed by atoms with van der Waals surface area (Å²) in [4.78, 5) is 14.0. The van der Waals surface area contributed by atoms with E-state index in [9.17, 15) is 9.90 Å². The maximum absolute atomic E-state index is 11.6. The van der Waals surface area contributed by atoms with Crippen molar-refractivity contribution in [1.29, 1.82) is 0 Å². The Morgan fingerprint density at radius 1 is 1.30 bits per heavy atom. The Morgan fingerprint density at radius 3 is 2.39 bits per heavy atom. The third-order valence-electron chi connectivity index (χ3n) is 6.56. The number of aliphatic carboxylic acids is 1. The average molecular weight is 324 g/mol. The lowest BCUT2D eigenvalue weighted by Gasteiger charge is -2.48. The first-order valence-electron chi connectivity index (χ1n) is 9.20. The summed E-state index contributed by atoms with van der Waals surface area (Å²) in [5, 5.41) is 13.3.